The summed E-state index contributed by atoms with van der Waals surface area (Å²) in [5, 5.41) is 0. The third-order valence-electron chi connectivity index (χ3n) is 7.81. The van der Waals surface area contributed by atoms with Crippen LogP contribution in [-0.2, 0) is 14.4 Å². The summed E-state index contributed by atoms with van der Waals surface area (Å²) in [6.45, 7) is 5.10. The lowest BCUT2D eigenvalue weighted by Gasteiger charge is -2.41. The maximum absolute atomic E-state index is 13.0. The topological polar surface area (TPSA) is 70.2 Å². The molecule has 0 aromatic heterocycles. The third-order valence-corrected chi connectivity index (χ3v) is 7.81. The van der Waals surface area contributed by atoms with Gasteiger partial charge in [0.2, 0.25) is 11.8 Å². The Morgan fingerprint density at radius 1 is 0.935 bits per heavy atom. The fraction of sp³-hybridized carbons (Fsp3) is 0.625. The number of piperazine rings is 1. The van der Waals surface area contributed by atoms with Crippen LogP contribution in [0.4, 0.5) is 5.69 Å². The number of methoxy groups -OCH3 is 1. The van der Waals surface area contributed by atoms with Crippen molar-refractivity contribution in [2.45, 2.75) is 25.7 Å². The van der Waals surface area contributed by atoms with E-state index in [-0.39, 0.29) is 41.3 Å². The molecule has 31 heavy (non-hydrogen) atoms. The molecule has 4 atom stereocenters. The Balaban J connectivity index is 1.13. The molecule has 1 aromatic carbocycles. The number of anilines is 1. The second-order valence-corrected chi connectivity index (χ2v) is 9.35. The van der Waals surface area contributed by atoms with Crippen LogP contribution >= 0.6 is 0 Å². The molecule has 2 heterocycles. The van der Waals surface area contributed by atoms with E-state index in [1.165, 1.54) is 4.90 Å². The molecule has 0 N–H and O–H groups in total. The predicted octanol–water partition coefficient (Wildman–Crippen LogP) is 1.81. The lowest BCUT2D eigenvalue weighted by Crippen LogP contribution is -2.47. The number of carbonyl (C=O) groups is 3. The minimum atomic E-state index is -0.364. The molecule has 7 heteroatoms. The molecule has 2 aliphatic heterocycles. The number of rotatable bonds is 6. The van der Waals surface area contributed by atoms with E-state index >= 15 is 0 Å². The number of para-hydroxylation sites is 2. The normalized spacial score (nSPS) is 30.8. The summed E-state index contributed by atoms with van der Waals surface area (Å²) in [5.74, 6) is 0.290. The summed E-state index contributed by atoms with van der Waals surface area (Å²) < 4.78 is 5.49. The number of hydrogen-bond donors (Lipinski definition) is 0. The van der Waals surface area contributed by atoms with Crippen LogP contribution < -0.4 is 9.64 Å². The maximum Gasteiger partial charge on any atom is 0.233 e. The SMILES string of the molecule is COc1ccccc1N1CCN(CCCN2C(=O)C3C4CCC(C(=O)C4)C3C2=O)CC1. The van der Waals surface area contributed by atoms with Crippen LogP contribution in [0.15, 0.2) is 24.3 Å². The number of nitrogens with zero attached hydrogens (tertiary/aromatic N) is 3. The van der Waals surface area contributed by atoms with Gasteiger partial charge in [0.25, 0.3) is 0 Å². The van der Waals surface area contributed by atoms with E-state index < -0.39 is 0 Å². The van der Waals surface area contributed by atoms with Gasteiger partial charge < -0.3 is 9.64 Å². The zero-order valence-corrected chi connectivity index (χ0v) is 18.2. The molecule has 166 valence electrons. The summed E-state index contributed by atoms with van der Waals surface area (Å²) >= 11 is 0. The first kappa shape index (κ1) is 20.5. The number of imide groups is 1. The average Bonchev–Trinajstić information content (AvgIpc) is 3.06. The van der Waals surface area contributed by atoms with Gasteiger partial charge in [-0.3, -0.25) is 24.2 Å². The molecule has 1 aromatic rings. The molecule has 2 amide bonds. The molecular weight excluding hydrogens is 394 g/mol. The Hall–Kier alpha value is -2.41. The molecule has 2 saturated heterocycles. The smallest absolute Gasteiger partial charge is 0.233 e. The Kier molecular flexibility index (Phi) is 5.46. The number of Topliss-reactive ketones (excluding diaryl/α,β-unsaturated/α-hetero) is 1. The van der Waals surface area contributed by atoms with Gasteiger partial charge in [-0.25, -0.2) is 0 Å². The van der Waals surface area contributed by atoms with Crippen LogP contribution in [0.5, 0.6) is 5.75 Å². The van der Waals surface area contributed by atoms with Gasteiger partial charge in [0.1, 0.15) is 11.5 Å². The van der Waals surface area contributed by atoms with Crippen molar-refractivity contribution < 1.29 is 19.1 Å². The highest BCUT2D eigenvalue weighted by molar-refractivity contribution is 6.08. The van der Waals surface area contributed by atoms with E-state index in [2.05, 4.69) is 15.9 Å². The molecule has 0 radical (unpaired) electrons. The first-order valence-electron chi connectivity index (χ1n) is 11.6. The largest absolute Gasteiger partial charge is 0.495 e. The first-order valence-corrected chi connectivity index (χ1v) is 11.6. The highest BCUT2D eigenvalue weighted by Crippen LogP contribution is 2.51. The summed E-state index contributed by atoms with van der Waals surface area (Å²) in [5.41, 5.74) is 1.13. The zero-order chi connectivity index (χ0) is 21.5. The van der Waals surface area contributed by atoms with Crippen molar-refractivity contribution in [1.29, 1.82) is 0 Å². The highest BCUT2D eigenvalue weighted by Gasteiger charge is 2.60. The second-order valence-electron chi connectivity index (χ2n) is 9.35. The maximum atomic E-state index is 13.0. The summed E-state index contributed by atoms with van der Waals surface area (Å²) in [4.78, 5) is 44.4. The Labute approximate surface area is 183 Å². The molecule has 4 unspecified atom stereocenters. The standard InChI is InChI=1S/C24H31N3O4/c1-31-20-6-3-2-5-18(20)26-13-11-25(12-14-26)9-4-10-27-23(29)21-16-7-8-17(19(28)15-16)22(21)24(27)30/h2-3,5-6,16-17,21-22H,4,7-15H2,1H3. The van der Waals surface area contributed by atoms with E-state index in [0.717, 1.165) is 63.4 Å². The Bertz CT molecular complexity index is 879. The number of hydrogen-bond acceptors (Lipinski definition) is 6. The van der Waals surface area contributed by atoms with E-state index in [1.54, 1.807) is 7.11 Å². The van der Waals surface area contributed by atoms with Crippen LogP contribution in [0.2, 0.25) is 0 Å². The fourth-order valence-electron chi connectivity index (χ4n) is 6.22. The monoisotopic (exact) mass is 425 g/mol. The zero-order valence-electron chi connectivity index (χ0n) is 18.2. The summed E-state index contributed by atoms with van der Waals surface area (Å²) in [6, 6.07) is 8.10. The van der Waals surface area contributed by atoms with E-state index in [1.807, 2.05) is 18.2 Å². The van der Waals surface area contributed by atoms with Gasteiger partial charge >= 0.3 is 0 Å². The molecule has 3 saturated carbocycles. The molecule has 5 aliphatic rings. The van der Waals surface area contributed by atoms with Crippen molar-refractivity contribution in [3.8, 4) is 5.75 Å². The van der Waals surface area contributed by atoms with Gasteiger partial charge in [-0.05, 0) is 43.9 Å². The van der Waals surface area contributed by atoms with Crippen molar-refractivity contribution in [3.63, 3.8) is 0 Å². The molecule has 2 bridgehead atoms. The number of ether oxygens (including phenoxy) is 1. The molecular formula is C24H31N3O4. The van der Waals surface area contributed by atoms with Crippen LogP contribution in [0.1, 0.15) is 25.7 Å². The first-order chi connectivity index (χ1) is 15.1. The van der Waals surface area contributed by atoms with E-state index in [4.69, 9.17) is 4.74 Å². The third kappa shape index (κ3) is 3.53. The van der Waals surface area contributed by atoms with Crippen molar-refractivity contribution in [2.24, 2.45) is 23.7 Å². The molecule has 0 spiro atoms. The quantitative estimate of drug-likeness (QED) is 0.648. The van der Waals surface area contributed by atoms with Gasteiger partial charge in [-0.15, -0.1) is 0 Å². The minimum Gasteiger partial charge on any atom is -0.495 e. The number of ketones is 1. The number of benzene rings is 1. The molecule has 5 fully saturated rings. The summed E-state index contributed by atoms with van der Waals surface area (Å²) in [6.07, 6.45) is 2.99. The Morgan fingerprint density at radius 3 is 2.42 bits per heavy atom. The van der Waals surface area contributed by atoms with Crippen LogP contribution in [-0.4, -0.2) is 73.8 Å². The van der Waals surface area contributed by atoms with Crippen molar-refractivity contribution in [1.82, 2.24) is 9.80 Å². The number of carbonyl (C=O) groups excluding carboxylic acids is 3. The van der Waals surface area contributed by atoms with E-state index in [9.17, 15) is 14.4 Å². The average molecular weight is 426 g/mol. The number of likely N-dealkylation sites (tertiary alicyclic amines) is 1. The van der Waals surface area contributed by atoms with Gasteiger partial charge in [0.05, 0.1) is 24.6 Å². The molecule has 7 nitrogen and oxygen atoms in total. The predicted molar refractivity (Wildman–Crippen MR) is 116 cm³/mol. The van der Waals surface area contributed by atoms with Crippen LogP contribution in [0.3, 0.4) is 0 Å². The second kappa shape index (κ2) is 8.26. The molecule has 6 rings (SSSR count). The van der Waals surface area contributed by atoms with E-state index in [0.29, 0.717) is 13.0 Å². The van der Waals surface area contributed by atoms with Crippen molar-refractivity contribution in [3.05, 3.63) is 24.3 Å². The van der Waals surface area contributed by atoms with Crippen molar-refractivity contribution in [2.75, 3.05) is 51.3 Å². The number of fused-ring (bicyclic) bond motifs is 2. The van der Waals surface area contributed by atoms with Crippen LogP contribution in [0, 0.1) is 23.7 Å². The Morgan fingerprint density at radius 2 is 1.68 bits per heavy atom. The minimum absolute atomic E-state index is 0.0156. The lowest BCUT2D eigenvalue weighted by atomic mass is 9.59. The molecule has 3 aliphatic carbocycles. The van der Waals surface area contributed by atoms with Gasteiger partial charge in [0.15, 0.2) is 0 Å². The van der Waals surface area contributed by atoms with Gasteiger partial charge in [-0.1, -0.05) is 12.1 Å². The van der Waals surface area contributed by atoms with Crippen molar-refractivity contribution >= 4 is 23.3 Å². The number of amides is 2. The highest BCUT2D eigenvalue weighted by atomic mass is 16.5. The van der Waals surface area contributed by atoms with Crippen LogP contribution in [0.25, 0.3) is 0 Å². The summed E-state index contributed by atoms with van der Waals surface area (Å²) in [7, 11) is 1.70. The van der Waals surface area contributed by atoms with Gasteiger partial charge in [-0.2, -0.15) is 0 Å². The lowest BCUT2D eigenvalue weighted by molar-refractivity contribution is -0.144. The fourth-order valence-corrected chi connectivity index (χ4v) is 6.22. The van der Waals surface area contributed by atoms with Gasteiger partial charge in [0, 0.05) is 45.1 Å².